The van der Waals surface area contributed by atoms with Crippen LogP contribution in [0.1, 0.15) is 22.3 Å². The fourth-order valence-electron chi connectivity index (χ4n) is 2.54. The molecule has 0 aliphatic rings. The summed E-state index contributed by atoms with van der Waals surface area (Å²) in [5, 5.41) is 9.52. The second-order valence-corrected chi connectivity index (χ2v) is 6.16. The van der Waals surface area contributed by atoms with E-state index < -0.39 is 5.29 Å². The topological polar surface area (TPSA) is 72.3 Å². The molecule has 2 aromatic rings. The number of halogens is 2. The molecule has 0 unspecified atom stereocenters. The van der Waals surface area contributed by atoms with Crippen LogP contribution >= 0.6 is 11.6 Å². The molecule has 8 heteroatoms. The maximum absolute atomic E-state index is 12.8. The molecule has 0 aliphatic carbocycles. The van der Waals surface area contributed by atoms with Gasteiger partial charge in [0.1, 0.15) is 13.7 Å². The van der Waals surface area contributed by atoms with Gasteiger partial charge in [0.25, 0.3) is 5.91 Å². The monoisotopic (exact) mass is 417 g/mol. The largest absolute Gasteiger partial charge is 0.398 e. The van der Waals surface area contributed by atoms with E-state index in [1.807, 2.05) is 18.2 Å². The van der Waals surface area contributed by atoms with Crippen LogP contribution in [-0.4, -0.2) is 32.0 Å². The second kappa shape index (κ2) is 11.6. The highest BCUT2D eigenvalue weighted by Crippen LogP contribution is 2.14. The number of likely N-dealkylation sites (N-methyl/N-ethyl adjacent to an activating group) is 1. The molecule has 29 heavy (non-hydrogen) atoms. The molecule has 1 amide bonds. The van der Waals surface area contributed by atoms with Crippen LogP contribution < -0.4 is 5.32 Å². The van der Waals surface area contributed by atoms with Gasteiger partial charge < -0.3 is 15.0 Å². The van der Waals surface area contributed by atoms with E-state index in [1.165, 1.54) is 20.2 Å². The van der Waals surface area contributed by atoms with Crippen molar-refractivity contribution in [2.45, 2.75) is 13.0 Å². The number of carbonyl (C=O) groups is 1. The molecule has 0 bridgehead atoms. The van der Waals surface area contributed by atoms with E-state index in [-0.39, 0.29) is 18.2 Å². The summed E-state index contributed by atoms with van der Waals surface area (Å²) in [6.07, 6.45) is 3.34. The van der Waals surface area contributed by atoms with Gasteiger partial charge in [-0.15, -0.1) is 0 Å². The fourth-order valence-corrected chi connectivity index (χ4v) is 2.66. The Morgan fingerprint density at radius 2 is 2.03 bits per heavy atom. The molecular weight excluding hydrogens is 397 g/mol. The molecule has 2 aromatic carbocycles. The summed E-state index contributed by atoms with van der Waals surface area (Å²) in [4.78, 5) is 22.2. The fraction of sp³-hybridized carbons (Fsp3) is 0.190. The summed E-state index contributed by atoms with van der Waals surface area (Å²) >= 11 is 5.26. The lowest BCUT2D eigenvalue weighted by molar-refractivity contribution is -0.114. The lowest BCUT2D eigenvalue weighted by Crippen LogP contribution is -2.29. The summed E-state index contributed by atoms with van der Waals surface area (Å²) in [6, 6.07) is 14.4. The van der Waals surface area contributed by atoms with E-state index in [0.29, 0.717) is 17.5 Å². The van der Waals surface area contributed by atoms with Crippen molar-refractivity contribution in [1.82, 2.24) is 5.32 Å². The molecule has 0 saturated carbocycles. The summed E-state index contributed by atoms with van der Waals surface area (Å²) in [5.41, 5.74) is 3.06. The third kappa shape index (κ3) is 7.04. The van der Waals surface area contributed by atoms with Gasteiger partial charge in [0.2, 0.25) is 0 Å². The molecule has 1 N–H and O–H groups in total. The average molecular weight is 418 g/mol. The smallest absolute Gasteiger partial charge is 0.273 e. The third-order valence-corrected chi connectivity index (χ3v) is 3.93. The Morgan fingerprint density at radius 3 is 2.76 bits per heavy atom. The standard InChI is InChI=1S/C21H21ClFN3O3/c1-24-21(27)20(26-28-2)18-9-4-3-8-17(18)14-29-25-11-10-15-6-5-7-16(12-15)13-19(22)23/h3-9,11-13H,10,14H2,1-2H3,(H,24,27)/b19-13+,25-11+,26-20-. The molecule has 0 spiro atoms. The van der Waals surface area contributed by atoms with Crippen molar-refractivity contribution in [3.63, 3.8) is 0 Å². The molecule has 0 aromatic heterocycles. The Balaban J connectivity index is 2.02. The van der Waals surface area contributed by atoms with E-state index in [9.17, 15) is 9.18 Å². The predicted molar refractivity (Wildman–Crippen MR) is 112 cm³/mol. The van der Waals surface area contributed by atoms with Gasteiger partial charge in [-0.05, 0) is 17.2 Å². The zero-order chi connectivity index (χ0) is 21.1. The lowest BCUT2D eigenvalue weighted by Gasteiger charge is -2.09. The molecule has 0 aliphatic heterocycles. The van der Waals surface area contributed by atoms with E-state index in [1.54, 1.807) is 36.5 Å². The highest BCUT2D eigenvalue weighted by atomic mass is 35.5. The Hall–Kier alpha value is -3.19. The number of carbonyl (C=O) groups excluding carboxylic acids is 1. The zero-order valence-corrected chi connectivity index (χ0v) is 16.8. The van der Waals surface area contributed by atoms with Gasteiger partial charge in [-0.1, -0.05) is 70.4 Å². The van der Waals surface area contributed by atoms with Crippen molar-refractivity contribution in [2.24, 2.45) is 10.3 Å². The number of hydrogen-bond acceptors (Lipinski definition) is 5. The van der Waals surface area contributed by atoms with Crippen molar-refractivity contribution >= 4 is 35.5 Å². The van der Waals surface area contributed by atoms with E-state index in [4.69, 9.17) is 21.3 Å². The third-order valence-electron chi connectivity index (χ3n) is 3.82. The van der Waals surface area contributed by atoms with Crippen LogP contribution in [-0.2, 0) is 27.5 Å². The molecule has 0 heterocycles. The van der Waals surface area contributed by atoms with E-state index in [2.05, 4.69) is 15.6 Å². The number of amides is 1. The van der Waals surface area contributed by atoms with E-state index in [0.717, 1.165) is 11.1 Å². The number of oxime groups is 2. The van der Waals surface area contributed by atoms with Gasteiger partial charge >= 0.3 is 0 Å². The van der Waals surface area contributed by atoms with Crippen molar-refractivity contribution in [3.05, 3.63) is 76.1 Å². The van der Waals surface area contributed by atoms with Crippen LogP contribution in [0.15, 0.2) is 64.1 Å². The Labute approximate surface area is 173 Å². The van der Waals surface area contributed by atoms with E-state index >= 15 is 0 Å². The van der Waals surface area contributed by atoms with Crippen LogP contribution in [0.5, 0.6) is 0 Å². The molecule has 152 valence electrons. The molecule has 2 rings (SSSR count). The summed E-state index contributed by atoms with van der Waals surface area (Å²) < 4.78 is 12.8. The minimum Gasteiger partial charge on any atom is -0.398 e. The Morgan fingerprint density at radius 1 is 1.24 bits per heavy atom. The second-order valence-electron chi connectivity index (χ2n) is 5.80. The van der Waals surface area contributed by atoms with Crippen molar-refractivity contribution < 1.29 is 18.9 Å². The van der Waals surface area contributed by atoms with Gasteiger partial charge in [0.05, 0.1) is 0 Å². The van der Waals surface area contributed by atoms with Crippen LogP contribution in [0.4, 0.5) is 4.39 Å². The molecule has 0 atom stereocenters. The Kier molecular flexibility index (Phi) is 8.85. The SMILES string of the molecule is CNC(=O)/C(=N\OC)c1ccccc1CO/N=C/Cc1cccc(/C=C(/F)Cl)c1. The zero-order valence-electron chi connectivity index (χ0n) is 16.1. The minimum atomic E-state index is -0.772. The summed E-state index contributed by atoms with van der Waals surface area (Å²) in [6.45, 7) is 0.145. The van der Waals surface area contributed by atoms with Gasteiger partial charge in [0, 0.05) is 30.8 Å². The number of rotatable bonds is 9. The predicted octanol–water partition coefficient (Wildman–Crippen LogP) is 4.03. The molecule has 0 fully saturated rings. The average Bonchev–Trinajstić information content (AvgIpc) is 2.71. The highest BCUT2D eigenvalue weighted by molar-refractivity contribution is 6.45. The van der Waals surface area contributed by atoms with Gasteiger partial charge in [-0.3, -0.25) is 4.79 Å². The molecule has 0 radical (unpaired) electrons. The summed E-state index contributed by atoms with van der Waals surface area (Å²) in [5.74, 6) is -0.370. The van der Waals surface area contributed by atoms with Crippen LogP contribution in [0.2, 0.25) is 0 Å². The first-order valence-corrected chi connectivity index (χ1v) is 9.10. The molecule has 6 nitrogen and oxygen atoms in total. The molecular formula is C21H21ClFN3O3. The van der Waals surface area contributed by atoms with Crippen molar-refractivity contribution in [1.29, 1.82) is 0 Å². The van der Waals surface area contributed by atoms with Gasteiger partial charge in [-0.25, -0.2) is 0 Å². The van der Waals surface area contributed by atoms with Crippen LogP contribution in [0.3, 0.4) is 0 Å². The van der Waals surface area contributed by atoms with Crippen molar-refractivity contribution in [3.8, 4) is 0 Å². The summed E-state index contributed by atoms with van der Waals surface area (Å²) in [7, 11) is 2.89. The maximum Gasteiger partial charge on any atom is 0.273 e. The highest BCUT2D eigenvalue weighted by Gasteiger charge is 2.17. The van der Waals surface area contributed by atoms with Gasteiger partial charge in [-0.2, -0.15) is 4.39 Å². The normalized spacial score (nSPS) is 12.1. The number of nitrogens with one attached hydrogen (secondary N) is 1. The van der Waals surface area contributed by atoms with Crippen molar-refractivity contribution in [2.75, 3.05) is 14.2 Å². The minimum absolute atomic E-state index is 0.145. The van der Waals surface area contributed by atoms with Gasteiger partial charge in [0.15, 0.2) is 11.0 Å². The first-order chi connectivity index (χ1) is 14.0. The number of nitrogens with zero attached hydrogens (tertiary/aromatic N) is 2. The number of hydrogen-bond donors (Lipinski definition) is 1. The van der Waals surface area contributed by atoms with Crippen LogP contribution in [0, 0.1) is 0 Å². The molecule has 0 saturated heterocycles. The Bertz CT molecular complexity index is 925. The number of benzene rings is 2. The van der Waals surface area contributed by atoms with Crippen LogP contribution in [0.25, 0.3) is 6.08 Å². The quantitative estimate of drug-likeness (QED) is 0.494. The first kappa shape index (κ1) is 22.1. The first-order valence-electron chi connectivity index (χ1n) is 8.72. The maximum atomic E-state index is 12.8. The lowest BCUT2D eigenvalue weighted by atomic mass is 10.0.